The maximum absolute atomic E-state index is 14.2. The number of rotatable bonds is 6. The Bertz CT molecular complexity index is 1280. The Morgan fingerprint density at radius 2 is 1.77 bits per heavy atom. The van der Waals surface area contributed by atoms with Gasteiger partial charge in [-0.2, -0.15) is 0 Å². The van der Waals surface area contributed by atoms with Gasteiger partial charge in [0.05, 0.1) is 11.0 Å². The van der Waals surface area contributed by atoms with Crippen molar-refractivity contribution in [1.29, 1.82) is 0 Å². The van der Waals surface area contributed by atoms with Gasteiger partial charge in [-0.15, -0.1) is 0 Å². The molecule has 0 amide bonds. The van der Waals surface area contributed by atoms with Crippen LogP contribution in [0.2, 0.25) is 5.02 Å². The van der Waals surface area contributed by atoms with Crippen molar-refractivity contribution < 1.29 is 9.09 Å². The molecule has 0 bridgehead atoms. The van der Waals surface area contributed by atoms with Crippen LogP contribution in [0.5, 0.6) is 5.75 Å². The van der Waals surface area contributed by atoms with E-state index in [-0.39, 0.29) is 5.43 Å². The zero-order chi connectivity index (χ0) is 21.3. The molecule has 0 saturated carbocycles. The molecule has 0 fully saturated rings. The topological polar surface area (TPSA) is 62.4 Å². The number of aromatic nitrogens is 1. The molecular weight excluding hydrogens is 419 g/mol. The van der Waals surface area contributed by atoms with Gasteiger partial charge in [0, 0.05) is 29.2 Å². The minimum atomic E-state index is -3.48. The summed E-state index contributed by atoms with van der Waals surface area (Å²) in [5, 5.41) is 1.92. The molecule has 2 aromatic rings. The number of halogens is 1. The summed E-state index contributed by atoms with van der Waals surface area (Å²) >= 11 is 6.18. The molecule has 1 aliphatic heterocycles. The van der Waals surface area contributed by atoms with Crippen molar-refractivity contribution in [2.75, 3.05) is 13.1 Å². The highest BCUT2D eigenvalue weighted by molar-refractivity contribution is 7.65. The van der Waals surface area contributed by atoms with Crippen LogP contribution in [-0.4, -0.2) is 22.7 Å². The van der Waals surface area contributed by atoms with Crippen molar-refractivity contribution >= 4 is 35.3 Å². The largest absolute Gasteiger partial charge is 0.427 e. The SMILES string of the molecule is CCN(CC)P(=O)(Oc1ccc(=O)c2cc3ccccc3[nH]c1-2)c1cccc(Cl)c1. The van der Waals surface area contributed by atoms with Gasteiger partial charge in [-0.05, 0) is 47.9 Å². The number of hydrogen-bond donors (Lipinski definition) is 1. The second-order valence-corrected chi connectivity index (χ2v) is 9.68. The van der Waals surface area contributed by atoms with Gasteiger partial charge in [0.2, 0.25) is 0 Å². The molecule has 2 aromatic carbocycles. The molecule has 1 heterocycles. The number of benzene rings is 3. The molecule has 1 atom stereocenters. The predicted molar refractivity (Wildman–Crippen MR) is 123 cm³/mol. The second-order valence-electron chi connectivity index (χ2n) is 6.94. The average molecular weight is 441 g/mol. The average Bonchev–Trinajstić information content (AvgIpc) is 2.75. The van der Waals surface area contributed by atoms with Crippen molar-refractivity contribution in [1.82, 2.24) is 9.65 Å². The summed E-state index contributed by atoms with van der Waals surface area (Å²) in [4.78, 5) is 15.8. The van der Waals surface area contributed by atoms with Crippen molar-refractivity contribution in [3.63, 3.8) is 0 Å². The number of nitrogens with one attached hydrogen (secondary N) is 1. The van der Waals surface area contributed by atoms with E-state index in [1.165, 1.54) is 6.07 Å². The van der Waals surface area contributed by atoms with Gasteiger partial charge >= 0.3 is 7.52 Å². The standard InChI is InChI=1S/C23H22ClN2O3P/c1-3-26(4-2)30(28,18-10-7-9-17(24)15-18)29-22-13-12-21(27)19-14-16-8-5-6-11-20(16)25-23(19)22/h5-15,25H,3-4H2,1-2H3. The van der Waals surface area contributed by atoms with E-state index < -0.39 is 7.52 Å². The molecule has 0 radical (unpaired) electrons. The zero-order valence-corrected chi connectivity index (χ0v) is 18.4. The van der Waals surface area contributed by atoms with E-state index in [4.69, 9.17) is 16.1 Å². The molecule has 0 aromatic heterocycles. The fourth-order valence-electron chi connectivity index (χ4n) is 3.61. The Labute approximate surface area is 180 Å². The molecule has 30 heavy (non-hydrogen) atoms. The monoisotopic (exact) mass is 440 g/mol. The smallest absolute Gasteiger partial charge is 0.349 e. The van der Waals surface area contributed by atoms with Crippen LogP contribution in [0.4, 0.5) is 0 Å². The molecule has 1 N–H and O–H groups in total. The molecule has 1 aliphatic carbocycles. The van der Waals surface area contributed by atoms with Gasteiger partial charge < -0.3 is 9.51 Å². The first-order valence-corrected chi connectivity index (χ1v) is 11.8. The highest BCUT2D eigenvalue weighted by atomic mass is 35.5. The van der Waals surface area contributed by atoms with Gasteiger partial charge in [0.25, 0.3) is 0 Å². The number of H-pyrrole nitrogens is 1. The predicted octanol–water partition coefficient (Wildman–Crippen LogP) is 5.53. The van der Waals surface area contributed by atoms with Crippen LogP contribution in [-0.2, 0) is 4.57 Å². The first-order chi connectivity index (χ1) is 14.5. The van der Waals surface area contributed by atoms with Crippen molar-refractivity contribution in [2.24, 2.45) is 0 Å². The fraction of sp³-hybridized carbons (Fsp3) is 0.174. The van der Waals surface area contributed by atoms with Gasteiger partial charge in [-0.3, -0.25) is 9.36 Å². The molecule has 0 spiro atoms. The minimum absolute atomic E-state index is 0.125. The van der Waals surface area contributed by atoms with Crippen molar-refractivity contribution in [3.05, 3.63) is 82.0 Å². The van der Waals surface area contributed by atoms with Crippen LogP contribution in [0, 0.1) is 0 Å². The maximum atomic E-state index is 14.2. The molecule has 5 nitrogen and oxygen atoms in total. The molecule has 0 saturated heterocycles. The maximum Gasteiger partial charge on any atom is 0.349 e. The van der Waals surface area contributed by atoms with E-state index in [2.05, 4.69) is 4.98 Å². The summed E-state index contributed by atoms with van der Waals surface area (Å²) in [6, 6.07) is 19.5. The number of pyridine rings is 1. The summed E-state index contributed by atoms with van der Waals surface area (Å²) in [5.74, 6) is 0.366. The lowest BCUT2D eigenvalue weighted by molar-refractivity contribution is 0.381. The number of para-hydroxylation sites is 1. The number of hydrogen-bond acceptors (Lipinski definition) is 3. The summed E-state index contributed by atoms with van der Waals surface area (Å²) < 4.78 is 22.3. The Hall–Kier alpha value is -2.59. The summed E-state index contributed by atoms with van der Waals surface area (Å²) in [6.07, 6.45) is 0. The second kappa shape index (κ2) is 8.27. The van der Waals surface area contributed by atoms with E-state index in [0.29, 0.717) is 40.4 Å². The van der Waals surface area contributed by atoms with Gasteiger partial charge in [0.15, 0.2) is 11.2 Å². The Balaban J connectivity index is 1.92. The van der Waals surface area contributed by atoms with Gasteiger partial charge in [-0.1, -0.05) is 49.7 Å². The summed E-state index contributed by atoms with van der Waals surface area (Å²) in [7, 11) is -3.48. The van der Waals surface area contributed by atoms with Crippen LogP contribution >= 0.6 is 19.1 Å². The summed E-state index contributed by atoms with van der Waals surface area (Å²) in [5.41, 5.74) is 1.75. The molecule has 1 unspecified atom stereocenters. The van der Waals surface area contributed by atoms with Crippen LogP contribution in [0.1, 0.15) is 13.8 Å². The van der Waals surface area contributed by atoms with Crippen LogP contribution in [0.25, 0.3) is 22.2 Å². The Kier molecular flexibility index (Phi) is 5.70. The van der Waals surface area contributed by atoms with E-state index >= 15 is 0 Å². The van der Waals surface area contributed by atoms with E-state index in [0.717, 1.165) is 10.9 Å². The third-order valence-electron chi connectivity index (χ3n) is 5.15. The first kappa shape index (κ1) is 20.7. The van der Waals surface area contributed by atoms with E-state index in [9.17, 15) is 9.36 Å². The normalized spacial score (nSPS) is 13.6. The van der Waals surface area contributed by atoms with E-state index in [1.54, 1.807) is 35.0 Å². The quantitative estimate of drug-likeness (QED) is 0.316. The lowest BCUT2D eigenvalue weighted by Gasteiger charge is -2.30. The summed E-state index contributed by atoms with van der Waals surface area (Å²) in [6.45, 7) is 4.93. The number of fused-ring (bicyclic) bond motifs is 2. The molecule has 154 valence electrons. The molecule has 4 rings (SSSR count). The van der Waals surface area contributed by atoms with Crippen LogP contribution < -0.4 is 15.3 Å². The minimum Gasteiger partial charge on any atom is -0.427 e. The third-order valence-corrected chi connectivity index (χ3v) is 8.07. The first-order valence-electron chi connectivity index (χ1n) is 9.82. The van der Waals surface area contributed by atoms with Crippen molar-refractivity contribution in [2.45, 2.75) is 13.8 Å². The van der Waals surface area contributed by atoms with Crippen LogP contribution in [0.3, 0.4) is 0 Å². The highest BCUT2D eigenvalue weighted by Crippen LogP contribution is 2.51. The zero-order valence-electron chi connectivity index (χ0n) is 16.8. The Morgan fingerprint density at radius 1 is 1.00 bits per heavy atom. The van der Waals surface area contributed by atoms with E-state index in [1.807, 2.05) is 44.2 Å². The molecule has 7 heteroatoms. The highest BCUT2D eigenvalue weighted by Gasteiger charge is 2.35. The van der Waals surface area contributed by atoms with Crippen molar-refractivity contribution in [3.8, 4) is 17.0 Å². The Morgan fingerprint density at radius 3 is 2.50 bits per heavy atom. The lowest BCUT2D eigenvalue weighted by atomic mass is 10.1. The van der Waals surface area contributed by atoms with Gasteiger partial charge in [0.1, 0.15) is 0 Å². The fourth-order valence-corrected chi connectivity index (χ4v) is 6.16. The van der Waals surface area contributed by atoms with Crippen LogP contribution in [0.15, 0.2) is 71.5 Å². The number of aromatic amines is 1. The molecule has 2 aliphatic rings. The lowest BCUT2D eigenvalue weighted by Crippen LogP contribution is -2.29. The third kappa shape index (κ3) is 3.65. The number of nitrogens with zero attached hydrogens (tertiary/aromatic N) is 1. The molecular formula is C23H22ClN2O3P. The van der Waals surface area contributed by atoms with Gasteiger partial charge in [-0.25, -0.2) is 4.67 Å².